The molecule has 0 saturated heterocycles. The van der Waals surface area contributed by atoms with Gasteiger partial charge in [0.05, 0.1) is 18.1 Å². The number of rotatable bonds is 6. The van der Waals surface area contributed by atoms with Crippen molar-refractivity contribution in [3.8, 4) is 11.5 Å². The van der Waals surface area contributed by atoms with E-state index in [0.29, 0.717) is 0 Å². The number of benzene rings is 2. The third-order valence-corrected chi connectivity index (χ3v) is 3.22. The number of carbonyl (C=O) groups is 1. The van der Waals surface area contributed by atoms with Gasteiger partial charge in [-0.25, -0.2) is 8.78 Å². The number of nitro benzene ring substituents is 1. The summed E-state index contributed by atoms with van der Waals surface area (Å²) in [6.07, 6.45) is -1.08. The third kappa shape index (κ3) is 4.40. The first-order chi connectivity index (χ1) is 11.8. The minimum absolute atomic E-state index is 0.00429. The third-order valence-electron chi connectivity index (χ3n) is 3.22. The topological polar surface area (TPSA) is 90.7 Å². The summed E-state index contributed by atoms with van der Waals surface area (Å²) in [6, 6.07) is 6.59. The normalized spacial score (nSPS) is 11.5. The summed E-state index contributed by atoms with van der Waals surface area (Å²) >= 11 is 0. The summed E-state index contributed by atoms with van der Waals surface area (Å²) in [5.74, 6) is -2.59. The standard InChI is InChI=1S/C16H14F2N2O5/c1-9(16(21)19-10-3-5-12(17)13(18)7-10)25-15-8-11(20(22)23)4-6-14(15)24-2/h3-9H,1-2H3,(H,19,21)/t9-/m0/s1. The highest BCUT2D eigenvalue weighted by Gasteiger charge is 2.20. The fourth-order valence-corrected chi connectivity index (χ4v) is 1.93. The van der Waals surface area contributed by atoms with Crippen LogP contribution in [0.25, 0.3) is 0 Å². The monoisotopic (exact) mass is 352 g/mol. The molecule has 0 aliphatic rings. The molecule has 0 spiro atoms. The number of hydrogen-bond donors (Lipinski definition) is 1. The van der Waals surface area contributed by atoms with E-state index < -0.39 is 28.6 Å². The Morgan fingerprint density at radius 3 is 2.48 bits per heavy atom. The molecule has 0 unspecified atom stereocenters. The summed E-state index contributed by atoms with van der Waals surface area (Å²) in [5.41, 5.74) is -0.186. The Hall–Kier alpha value is -3.23. The molecule has 0 aromatic heterocycles. The van der Waals surface area contributed by atoms with Crippen molar-refractivity contribution >= 4 is 17.3 Å². The molecule has 0 heterocycles. The van der Waals surface area contributed by atoms with Gasteiger partial charge in [0, 0.05) is 17.8 Å². The molecule has 2 aromatic carbocycles. The maximum Gasteiger partial charge on any atom is 0.273 e. The molecule has 9 heteroatoms. The second-order valence-corrected chi connectivity index (χ2v) is 4.97. The summed E-state index contributed by atoms with van der Waals surface area (Å²) in [6.45, 7) is 1.40. The SMILES string of the molecule is COc1ccc([N+](=O)[O-])cc1O[C@@H](C)C(=O)Nc1ccc(F)c(F)c1. The lowest BCUT2D eigenvalue weighted by molar-refractivity contribution is -0.385. The Labute approximate surface area is 141 Å². The molecule has 25 heavy (non-hydrogen) atoms. The van der Waals surface area contributed by atoms with E-state index in [1.54, 1.807) is 0 Å². The van der Waals surface area contributed by atoms with Crippen LogP contribution < -0.4 is 14.8 Å². The molecule has 1 N–H and O–H groups in total. The second-order valence-electron chi connectivity index (χ2n) is 4.97. The van der Waals surface area contributed by atoms with Gasteiger partial charge < -0.3 is 14.8 Å². The average Bonchev–Trinajstić information content (AvgIpc) is 2.57. The number of nitrogens with one attached hydrogen (secondary N) is 1. The van der Waals surface area contributed by atoms with Crippen molar-refractivity contribution in [3.63, 3.8) is 0 Å². The number of halogens is 2. The van der Waals surface area contributed by atoms with Crippen LogP contribution in [0.2, 0.25) is 0 Å². The lowest BCUT2D eigenvalue weighted by Gasteiger charge is -2.16. The van der Waals surface area contributed by atoms with Crippen molar-refractivity contribution in [1.82, 2.24) is 0 Å². The molecule has 7 nitrogen and oxygen atoms in total. The zero-order valence-corrected chi connectivity index (χ0v) is 13.3. The van der Waals surface area contributed by atoms with Gasteiger partial charge in [-0.1, -0.05) is 0 Å². The number of methoxy groups -OCH3 is 1. The number of carbonyl (C=O) groups excluding carboxylic acids is 1. The summed E-state index contributed by atoms with van der Waals surface area (Å²) in [5, 5.41) is 13.2. The molecule has 2 aromatic rings. The molecular formula is C16H14F2N2O5. The average molecular weight is 352 g/mol. The quantitative estimate of drug-likeness (QED) is 0.636. The van der Waals surface area contributed by atoms with E-state index in [-0.39, 0.29) is 22.9 Å². The predicted molar refractivity (Wildman–Crippen MR) is 84.7 cm³/mol. The van der Waals surface area contributed by atoms with Gasteiger partial charge in [0.2, 0.25) is 0 Å². The van der Waals surface area contributed by atoms with Crippen LogP contribution in [0.1, 0.15) is 6.92 Å². The summed E-state index contributed by atoms with van der Waals surface area (Å²) in [4.78, 5) is 22.3. The van der Waals surface area contributed by atoms with Crippen LogP contribution in [-0.4, -0.2) is 24.0 Å². The lowest BCUT2D eigenvalue weighted by atomic mass is 10.2. The smallest absolute Gasteiger partial charge is 0.273 e. The molecule has 0 fully saturated rings. The van der Waals surface area contributed by atoms with E-state index >= 15 is 0 Å². The van der Waals surface area contributed by atoms with E-state index in [9.17, 15) is 23.7 Å². The highest BCUT2D eigenvalue weighted by Crippen LogP contribution is 2.32. The van der Waals surface area contributed by atoms with Gasteiger partial charge in [-0.2, -0.15) is 0 Å². The van der Waals surface area contributed by atoms with Crippen molar-refractivity contribution in [3.05, 3.63) is 58.1 Å². The Morgan fingerprint density at radius 1 is 1.16 bits per heavy atom. The van der Waals surface area contributed by atoms with Gasteiger partial charge in [0.15, 0.2) is 29.2 Å². The molecule has 0 aliphatic carbocycles. The minimum atomic E-state index is -1.10. The van der Waals surface area contributed by atoms with Gasteiger partial charge in [-0.05, 0) is 25.1 Å². The lowest BCUT2D eigenvalue weighted by Crippen LogP contribution is -2.30. The zero-order chi connectivity index (χ0) is 18.6. The van der Waals surface area contributed by atoms with E-state index in [2.05, 4.69) is 5.32 Å². The number of hydrogen-bond acceptors (Lipinski definition) is 5. The van der Waals surface area contributed by atoms with Crippen LogP contribution >= 0.6 is 0 Å². The Bertz CT molecular complexity index is 813. The van der Waals surface area contributed by atoms with Crippen molar-refractivity contribution < 1.29 is 28.0 Å². The van der Waals surface area contributed by atoms with E-state index in [4.69, 9.17) is 9.47 Å². The predicted octanol–water partition coefficient (Wildman–Crippen LogP) is 3.29. The number of ether oxygens (including phenoxy) is 2. The fraction of sp³-hybridized carbons (Fsp3) is 0.188. The number of non-ortho nitro benzene ring substituents is 1. The molecule has 0 saturated carbocycles. The molecular weight excluding hydrogens is 338 g/mol. The van der Waals surface area contributed by atoms with E-state index in [0.717, 1.165) is 18.2 Å². The molecule has 0 radical (unpaired) electrons. The highest BCUT2D eigenvalue weighted by atomic mass is 19.2. The first-order valence-electron chi connectivity index (χ1n) is 7.07. The molecule has 0 bridgehead atoms. The first kappa shape index (κ1) is 18.1. The molecule has 1 amide bonds. The van der Waals surface area contributed by atoms with Crippen LogP contribution in [0.5, 0.6) is 11.5 Å². The number of amides is 1. The minimum Gasteiger partial charge on any atom is -0.493 e. The second kappa shape index (κ2) is 7.56. The number of nitrogens with zero attached hydrogens (tertiary/aromatic N) is 1. The summed E-state index contributed by atoms with van der Waals surface area (Å²) in [7, 11) is 1.35. The first-order valence-corrected chi connectivity index (χ1v) is 7.07. The van der Waals surface area contributed by atoms with Crippen LogP contribution in [-0.2, 0) is 4.79 Å². The molecule has 1 atom stereocenters. The maximum atomic E-state index is 13.2. The van der Waals surface area contributed by atoms with Gasteiger partial charge in [0.1, 0.15) is 0 Å². The number of nitro groups is 1. The molecule has 0 aliphatic heterocycles. The van der Waals surface area contributed by atoms with Gasteiger partial charge in [-0.3, -0.25) is 14.9 Å². The van der Waals surface area contributed by atoms with Crippen LogP contribution in [0.15, 0.2) is 36.4 Å². The van der Waals surface area contributed by atoms with Crippen molar-refractivity contribution in [2.24, 2.45) is 0 Å². The van der Waals surface area contributed by atoms with Crippen molar-refractivity contribution in [2.75, 3.05) is 12.4 Å². The van der Waals surface area contributed by atoms with E-state index in [1.165, 1.54) is 32.2 Å². The molecule has 2 rings (SSSR count). The maximum absolute atomic E-state index is 13.2. The largest absolute Gasteiger partial charge is 0.493 e. The highest BCUT2D eigenvalue weighted by molar-refractivity contribution is 5.94. The van der Waals surface area contributed by atoms with Crippen molar-refractivity contribution in [1.29, 1.82) is 0 Å². The van der Waals surface area contributed by atoms with E-state index in [1.807, 2.05) is 0 Å². The Morgan fingerprint density at radius 2 is 1.88 bits per heavy atom. The Kier molecular flexibility index (Phi) is 5.48. The van der Waals surface area contributed by atoms with Crippen LogP contribution in [0.3, 0.4) is 0 Å². The summed E-state index contributed by atoms with van der Waals surface area (Å²) < 4.78 is 36.5. The van der Waals surface area contributed by atoms with Crippen molar-refractivity contribution in [2.45, 2.75) is 13.0 Å². The molecule has 132 valence electrons. The Balaban J connectivity index is 2.13. The van der Waals surface area contributed by atoms with Gasteiger partial charge in [-0.15, -0.1) is 0 Å². The zero-order valence-electron chi connectivity index (χ0n) is 13.3. The fourth-order valence-electron chi connectivity index (χ4n) is 1.93. The van der Waals surface area contributed by atoms with Gasteiger partial charge in [0.25, 0.3) is 11.6 Å². The number of anilines is 1. The van der Waals surface area contributed by atoms with Crippen LogP contribution in [0.4, 0.5) is 20.2 Å². The van der Waals surface area contributed by atoms with Crippen LogP contribution in [0, 0.1) is 21.7 Å². The van der Waals surface area contributed by atoms with Gasteiger partial charge >= 0.3 is 0 Å².